The lowest BCUT2D eigenvalue weighted by Crippen LogP contribution is -2.11. The summed E-state index contributed by atoms with van der Waals surface area (Å²) in [6.07, 6.45) is 7.04. The zero-order chi connectivity index (χ0) is 30.4. The van der Waals surface area contributed by atoms with E-state index in [1.807, 2.05) is 13.8 Å². The van der Waals surface area contributed by atoms with Gasteiger partial charge in [-0.2, -0.15) is 4.39 Å². The van der Waals surface area contributed by atoms with E-state index in [4.69, 9.17) is 4.74 Å². The first kappa shape index (κ1) is 36.2. The number of hydrogen-bond acceptors (Lipinski definition) is 1. The average Bonchev–Trinajstić information content (AvgIpc) is 2.92. The van der Waals surface area contributed by atoms with Crippen LogP contribution in [0.5, 0.6) is 0 Å². The molecule has 5 heteroatoms. The quantitative estimate of drug-likeness (QED) is 0.0886. The van der Waals surface area contributed by atoms with Crippen LogP contribution in [0.2, 0.25) is 0 Å². The summed E-state index contributed by atoms with van der Waals surface area (Å²) in [5.41, 5.74) is -0.529. The minimum Gasteiger partial charge on any atom is -0.491 e. The van der Waals surface area contributed by atoms with E-state index < -0.39 is 29.1 Å². The largest absolute Gasteiger partial charge is 0.491 e. The third-order valence-corrected chi connectivity index (χ3v) is 7.00. The van der Waals surface area contributed by atoms with Crippen LogP contribution < -0.4 is 0 Å². The van der Waals surface area contributed by atoms with Crippen LogP contribution in [0, 0.1) is 23.7 Å². The summed E-state index contributed by atoms with van der Waals surface area (Å²) in [6, 6.07) is 0. The third kappa shape index (κ3) is 12.3. The fraction of sp³-hybridized carbons (Fsp3) is 0.471. The van der Waals surface area contributed by atoms with Crippen molar-refractivity contribution in [3.05, 3.63) is 109 Å². The molecule has 0 aliphatic carbocycles. The van der Waals surface area contributed by atoms with Gasteiger partial charge in [0.1, 0.15) is 0 Å². The molecule has 39 heavy (non-hydrogen) atoms. The van der Waals surface area contributed by atoms with Crippen molar-refractivity contribution in [2.75, 3.05) is 6.61 Å². The molecule has 0 heterocycles. The highest BCUT2D eigenvalue weighted by atomic mass is 19.2. The van der Waals surface area contributed by atoms with E-state index in [0.717, 1.165) is 12.8 Å². The van der Waals surface area contributed by atoms with Gasteiger partial charge in [-0.3, -0.25) is 0 Å². The van der Waals surface area contributed by atoms with E-state index in [2.05, 4.69) is 67.2 Å². The van der Waals surface area contributed by atoms with Gasteiger partial charge in [-0.1, -0.05) is 106 Å². The van der Waals surface area contributed by atoms with Crippen LogP contribution in [0.25, 0.3) is 0 Å². The smallest absolute Gasteiger partial charge is 0.200 e. The van der Waals surface area contributed by atoms with Crippen molar-refractivity contribution in [1.82, 2.24) is 0 Å². The van der Waals surface area contributed by atoms with E-state index in [-0.39, 0.29) is 40.4 Å². The number of halogens is 4. The van der Waals surface area contributed by atoms with Gasteiger partial charge in [-0.15, -0.1) is 0 Å². The lowest BCUT2D eigenvalue weighted by Gasteiger charge is -2.23. The van der Waals surface area contributed by atoms with Crippen molar-refractivity contribution in [2.45, 2.75) is 73.6 Å². The van der Waals surface area contributed by atoms with Crippen LogP contribution in [0.3, 0.4) is 0 Å². The summed E-state index contributed by atoms with van der Waals surface area (Å²) in [5.74, 6) is -3.80. The van der Waals surface area contributed by atoms with Crippen molar-refractivity contribution in [2.24, 2.45) is 23.7 Å². The van der Waals surface area contributed by atoms with Gasteiger partial charge < -0.3 is 4.74 Å². The highest BCUT2D eigenvalue weighted by molar-refractivity contribution is 5.54. The first-order chi connectivity index (χ1) is 18.1. The molecule has 0 spiro atoms. The molecule has 0 aliphatic rings. The topological polar surface area (TPSA) is 9.23 Å². The number of allylic oxidation sites excluding steroid dienone is 11. The molecule has 0 amide bonds. The van der Waals surface area contributed by atoms with Gasteiger partial charge in [0.15, 0.2) is 23.2 Å². The molecule has 3 unspecified atom stereocenters. The lowest BCUT2D eigenvalue weighted by molar-refractivity contribution is 0.208. The van der Waals surface area contributed by atoms with Crippen LogP contribution in [-0.2, 0) is 4.74 Å². The second kappa shape index (κ2) is 17.7. The van der Waals surface area contributed by atoms with E-state index in [1.165, 1.54) is 18.6 Å². The molecule has 0 radical (unpaired) electrons. The van der Waals surface area contributed by atoms with Crippen LogP contribution in [-0.4, -0.2) is 6.61 Å². The Labute approximate surface area is 234 Å². The lowest BCUT2D eigenvalue weighted by atomic mass is 9.83. The number of ether oxygens (including phenoxy) is 1. The molecule has 0 saturated heterocycles. The van der Waals surface area contributed by atoms with Crippen molar-refractivity contribution in [3.8, 4) is 0 Å². The van der Waals surface area contributed by atoms with Crippen molar-refractivity contribution >= 4 is 0 Å². The molecular formula is C34H48F4O. The molecule has 0 rings (SSSR count). The first-order valence-corrected chi connectivity index (χ1v) is 13.6. The van der Waals surface area contributed by atoms with Gasteiger partial charge in [0.2, 0.25) is 5.83 Å². The second-order valence-corrected chi connectivity index (χ2v) is 10.8. The van der Waals surface area contributed by atoms with Gasteiger partial charge >= 0.3 is 0 Å². The molecular weight excluding hydrogens is 500 g/mol. The number of rotatable bonds is 19. The third-order valence-electron chi connectivity index (χ3n) is 7.00. The molecule has 0 fully saturated rings. The maximum absolute atomic E-state index is 15.0. The van der Waals surface area contributed by atoms with Crippen molar-refractivity contribution in [3.63, 3.8) is 0 Å². The molecule has 1 nitrogen and oxygen atoms in total. The standard InChI is InChI=1S/C34H48F4O/c1-13-20-39-30(12)34(38)33(37)29(11)26(8)19-18-25(7)28(10)32(36)31(35)27(9)24(6)17-16-23(5)22(4)15-14-21(2)3/h18-19,21-24H,7-17,20H2,1-6H3/b19-18-,32-31-,34-33-. The predicted octanol–water partition coefficient (Wildman–Crippen LogP) is 11.7. The zero-order valence-electron chi connectivity index (χ0n) is 24.9. The fourth-order valence-corrected chi connectivity index (χ4v) is 3.57. The maximum atomic E-state index is 15.0. The summed E-state index contributed by atoms with van der Waals surface area (Å²) in [7, 11) is 0. The van der Waals surface area contributed by atoms with Gasteiger partial charge in [0.25, 0.3) is 0 Å². The Hall–Kier alpha value is -2.82. The highest BCUT2D eigenvalue weighted by Gasteiger charge is 2.21. The van der Waals surface area contributed by atoms with Gasteiger partial charge in [-0.05, 0) is 59.7 Å². The van der Waals surface area contributed by atoms with Gasteiger partial charge in [-0.25, -0.2) is 13.2 Å². The SMILES string of the molecule is C=C(/C=C\C(=C)C(=C)/C(F)=C(/F)C(=C)C(C)CCC(C)C(C)CCC(C)C)C(=C)/C(F)=C(/F)C(=C)OCCC. The minimum atomic E-state index is -1.28. The molecule has 3 atom stereocenters. The van der Waals surface area contributed by atoms with Crippen LogP contribution in [0.15, 0.2) is 109 Å². The van der Waals surface area contributed by atoms with E-state index in [1.54, 1.807) is 0 Å². The summed E-state index contributed by atoms with van der Waals surface area (Å²) in [5, 5.41) is 0. The number of hydrogen-bond donors (Lipinski definition) is 0. The van der Waals surface area contributed by atoms with Gasteiger partial charge in [0, 0.05) is 11.1 Å². The Morgan fingerprint density at radius 3 is 1.51 bits per heavy atom. The molecule has 0 saturated carbocycles. The molecule has 0 N–H and O–H groups in total. The first-order valence-electron chi connectivity index (χ1n) is 13.6. The van der Waals surface area contributed by atoms with Crippen LogP contribution in [0.1, 0.15) is 73.6 Å². The minimum absolute atomic E-state index is 0.000439. The molecule has 0 aromatic heterocycles. The monoisotopic (exact) mass is 548 g/mol. The molecule has 0 bridgehead atoms. The molecule has 0 aromatic rings. The normalized spacial score (nSPS) is 15.3. The summed E-state index contributed by atoms with van der Waals surface area (Å²) in [4.78, 5) is 0. The summed E-state index contributed by atoms with van der Waals surface area (Å²) in [6.45, 7) is 34.3. The molecule has 0 aromatic carbocycles. The Bertz CT molecular complexity index is 1020. The maximum Gasteiger partial charge on any atom is 0.200 e. The van der Waals surface area contributed by atoms with Crippen molar-refractivity contribution < 1.29 is 22.3 Å². The van der Waals surface area contributed by atoms with E-state index in [0.29, 0.717) is 30.6 Å². The Balaban J connectivity index is 5.25. The van der Waals surface area contributed by atoms with Crippen LogP contribution in [0.4, 0.5) is 17.6 Å². The second-order valence-electron chi connectivity index (χ2n) is 10.8. The van der Waals surface area contributed by atoms with Crippen molar-refractivity contribution in [1.29, 1.82) is 0 Å². The fourth-order valence-electron chi connectivity index (χ4n) is 3.57. The molecule has 218 valence electrons. The predicted molar refractivity (Wildman–Crippen MR) is 160 cm³/mol. The Morgan fingerprint density at radius 1 is 0.641 bits per heavy atom. The summed E-state index contributed by atoms with van der Waals surface area (Å²) >= 11 is 0. The zero-order valence-corrected chi connectivity index (χ0v) is 24.9. The molecule has 0 aliphatic heterocycles. The van der Waals surface area contributed by atoms with Crippen LogP contribution >= 0.6 is 0 Å². The Morgan fingerprint density at radius 2 is 1.08 bits per heavy atom. The average molecular weight is 549 g/mol. The Kier molecular flexibility index (Phi) is 16.4. The summed E-state index contributed by atoms with van der Waals surface area (Å²) < 4.78 is 63.5. The van der Waals surface area contributed by atoms with E-state index >= 15 is 0 Å². The van der Waals surface area contributed by atoms with Gasteiger partial charge in [0.05, 0.1) is 6.61 Å². The highest BCUT2D eigenvalue weighted by Crippen LogP contribution is 2.34. The van der Waals surface area contributed by atoms with E-state index in [9.17, 15) is 17.6 Å².